The summed E-state index contributed by atoms with van der Waals surface area (Å²) in [6.45, 7) is 3.66. The Morgan fingerprint density at radius 1 is 1.05 bits per heavy atom. The number of carbonyl (C=O) groups is 1. The van der Waals surface area contributed by atoms with Crippen LogP contribution < -0.4 is 9.64 Å². The standard InChI is InChI=1S/C26H27Cl2N5O5/c1-15(31-37-14-18-12-19(27)10-11-21(18)28)17-8-7-9-20(13-17)38-25-22(23(32-36-6)26(34)35-5)24(33(3)4)29-16(2)30-25/h7-13H,14H2,1-6H3. The van der Waals surface area contributed by atoms with Gasteiger partial charge in [0, 0.05) is 35.3 Å². The zero-order valence-corrected chi connectivity index (χ0v) is 23.3. The van der Waals surface area contributed by atoms with Crippen LogP contribution in [0.1, 0.15) is 29.4 Å². The topological polar surface area (TPSA) is 108 Å². The van der Waals surface area contributed by atoms with Crippen LogP contribution in [0, 0.1) is 6.92 Å². The Kier molecular flexibility index (Phi) is 9.86. The zero-order chi connectivity index (χ0) is 27.8. The molecule has 0 atom stereocenters. The third kappa shape index (κ3) is 7.11. The lowest BCUT2D eigenvalue weighted by Gasteiger charge is -2.19. The SMILES string of the molecule is CON=C(C(=O)OC)c1c(Oc2cccc(C(C)=NOCc3cc(Cl)ccc3Cl)c2)nc(C)nc1N(C)C. The number of oxime groups is 2. The summed E-state index contributed by atoms with van der Waals surface area (Å²) >= 11 is 12.2. The fraction of sp³-hybridized carbons (Fsp3) is 0.269. The van der Waals surface area contributed by atoms with Crippen molar-refractivity contribution >= 4 is 46.4 Å². The number of aromatic nitrogens is 2. The zero-order valence-electron chi connectivity index (χ0n) is 21.8. The number of rotatable bonds is 10. The first kappa shape index (κ1) is 28.7. The summed E-state index contributed by atoms with van der Waals surface area (Å²) in [5.74, 6) is 0.620. The third-order valence-electron chi connectivity index (χ3n) is 5.09. The van der Waals surface area contributed by atoms with Gasteiger partial charge >= 0.3 is 5.97 Å². The Morgan fingerprint density at radius 3 is 2.50 bits per heavy atom. The number of carbonyl (C=O) groups excluding carboxylic acids is 1. The molecule has 0 bridgehead atoms. The number of esters is 1. The van der Waals surface area contributed by atoms with E-state index in [4.69, 9.17) is 42.4 Å². The van der Waals surface area contributed by atoms with Crippen LogP contribution >= 0.6 is 23.2 Å². The Morgan fingerprint density at radius 2 is 1.82 bits per heavy atom. The number of hydrogen-bond acceptors (Lipinski definition) is 10. The van der Waals surface area contributed by atoms with E-state index in [0.29, 0.717) is 33.1 Å². The van der Waals surface area contributed by atoms with E-state index in [9.17, 15) is 4.79 Å². The second kappa shape index (κ2) is 13.1. The normalized spacial score (nSPS) is 11.7. The van der Waals surface area contributed by atoms with E-state index in [0.717, 1.165) is 11.1 Å². The second-order valence-corrected chi connectivity index (χ2v) is 8.94. The number of aryl methyl sites for hydroxylation is 1. The average Bonchev–Trinajstić information content (AvgIpc) is 2.89. The Hall–Kier alpha value is -3.89. The summed E-state index contributed by atoms with van der Waals surface area (Å²) < 4.78 is 11.0. The molecule has 3 rings (SSSR count). The van der Waals surface area contributed by atoms with Crippen LogP contribution in [0.3, 0.4) is 0 Å². The number of nitrogens with zero attached hydrogens (tertiary/aromatic N) is 5. The fourth-order valence-electron chi connectivity index (χ4n) is 3.31. The lowest BCUT2D eigenvalue weighted by Crippen LogP contribution is -2.24. The van der Waals surface area contributed by atoms with Gasteiger partial charge in [-0.1, -0.05) is 45.6 Å². The van der Waals surface area contributed by atoms with Crippen LogP contribution in [-0.4, -0.2) is 55.7 Å². The van der Waals surface area contributed by atoms with Gasteiger partial charge in [-0.05, 0) is 44.2 Å². The summed E-state index contributed by atoms with van der Waals surface area (Å²) in [6.07, 6.45) is 0. The lowest BCUT2D eigenvalue weighted by molar-refractivity contribution is -0.132. The van der Waals surface area contributed by atoms with Crippen molar-refractivity contribution in [2.75, 3.05) is 33.2 Å². The van der Waals surface area contributed by atoms with Crippen molar-refractivity contribution in [1.82, 2.24) is 9.97 Å². The molecule has 0 amide bonds. The predicted molar refractivity (Wildman–Crippen MR) is 147 cm³/mol. The number of benzene rings is 2. The number of methoxy groups -OCH3 is 1. The van der Waals surface area contributed by atoms with Crippen molar-refractivity contribution in [3.8, 4) is 11.6 Å². The van der Waals surface area contributed by atoms with Crippen LogP contribution in [0.2, 0.25) is 10.0 Å². The summed E-state index contributed by atoms with van der Waals surface area (Å²) in [5.41, 5.74) is 2.12. The molecule has 0 N–H and O–H groups in total. The number of ether oxygens (including phenoxy) is 2. The van der Waals surface area contributed by atoms with Gasteiger partial charge in [-0.2, -0.15) is 4.98 Å². The summed E-state index contributed by atoms with van der Waals surface area (Å²) in [6, 6.07) is 12.3. The van der Waals surface area contributed by atoms with Gasteiger partial charge in [0.25, 0.3) is 0 Å². The van der Waals surface area contributed by atoms with Crippen molar-refractivity contribution in [2.24, 2.45) is 10.3 Å². The van der Waals surface area contributed by atoms with Gasteiger partial charge in [-0.25, -0.2) is 9.78 Å². The average molecular weight is 560 g/mol. The van der Waals surface area contributed by atoms with Crippen molar-refractivity contribution < 1.29 is 23.9 Å². The van der Waals surface area contributed by atoms with Gasteiger partial charge in [0.1, 0.15) is 36.7 Å². The van der Waals surface area contributed by atoms with E-state index in [1.807, 2.05) is 6.07 Å². The smallest absolute Gasteiger partial charge is 0.361 e. The molecule has 0 unspecified atom stereocenters. The Labute approximate surface area is 230 Å². The van der Waals surface area contributed by atoms with Gasteiger partial charge in [-0.3, -0.25) is 0 Å². The van der Waals surface area contributed by atoms with Crippen LogP contribution in [-0.2, 0) is 25.8 Å². The molecule has 1 heterocycles. The van der Waals surface area contributed by atoms with Gasteiger partial charge in [0.05, 0.1) is 12.8 Å². The number of halogens is 2. The van der Waals surface area contributed by atoms with Gasteiger partial charge in [0.15, 0.2) is 0 Å². The maximum Gasteiger partial charge on any atom is 0.361 e. The monoisotopic (exact) mass is 559 g/mol. The van der Waals surface area contributed by atoms with Crippen LogP contribution in [0.4, 0.5) is 5.82 Å². The van der Waals surface area contributed by atoms with Crippen molar-refractivity contribution in [3.63, 3.8) is 0 Å². The summed E-state index contributed by atoms with van der Waals surface area (Å²) in [5, 5.41) is 9.15. The van der Waals surface area contributed by atoms with Crippen LogP contribution in [0.25, 0.3) is 0 Å². The molecule has 0 aliphatic carbocycles. The molecule has 0 fully saturated rings. The first-order valence-corrected chi connectivity index (χ1v) is 12.0. The van der Waals surface area contributed by atoms with Crippen molar-refractivity contribution in [1.29, 1.82) is 0 Å². The first-order chi connectivity index (χ1) is 18.1. The highest BCUT2D eigenvalue weighted by Crippen LogP contribution is 2.31. The molecule has 0 radical (unpaired) electrons. The van der Waals surface area contributed by atoms with Crippen molar-refractivity contribution in [2.45, 2.75) is 20.5 Å². The summed E-state index contributed by atoms with van der Waals surface area (Å²) in [4.78, 5) is 33.5. The number of hydrogen-bond donors (Lipinski definition) is 0. The number of anilines is 1. The van der Waals surface area contributed by atoms with E-state index in [-0.39, 0.29) is 23.8 Å². The quantitative estimate of drug-likeness (QED) is 0.184. The van der Waals surface area contributed by atoms with Crippen LogP contribution in [0.15, 0.2) is 52.8 Å². The third-order valence-corrected chi connectivity index (χ3v) is 5.69. The van der Waals surface area contributed by atoms with Gasteiger partial charge in [0.2, 0.25) is 11.6 Å². The molecule has 12 heteroatoms. The molecule has 0 spiro atoms. The molecule has 38 heavy (non-hydrogen) atoms. The minimum Gasteiger partial charge on any atom is -0.464 e. The highest BCUT2D eigenvalue weighted by Gasteiger charge is 2.28. The van der Waals surface area contributed by atoms with E-state index >= 15 is 0 Å². The molecule has 0 saturated carbocycles. The maximum absolute atomic E-state index is 12.5. The minimum atomic E-state index is -0.735. The minimum absolute atomic E-state index is 0.0981. The molecular formula is C26H27Cl2N5O5. The van der Waals surface area contributed by atoms with E-state index < -0.39 is 5.97 Å². The second-order valence-electron chi connectivity index (χ2n) is 8.10. The predicted octanol–water partition coefficient (Wildman–Crippen LogP) is 5.41. The first-order valence-electron chi connectivity index (χ1n) is 11.3. The van der Waals surface area contributed by atoms with Gasteiger partial charge in [-0.15, -0.1) is 0 Å². The van der Waals surface area contributed by atoms with E-state index in [1.165, 1.54) is 14.2 Å². The Bertz CT molecular complexity index is 1380. The molecule has 10 nitrogen and oxygen atoms in total. The molecule has 2 aromatic carbocycles. The highest BCUT2D eigenvalue weighted by molar-refractivity contribution is 6.44. The molecular weight excluding hydrogens is 533 g/mol. The Balaban J connectivity index is 1.93. The largest absolute Gasteiger partial charge is 0.464 e. The lowest BCUT2D eigenvalue weighted by atomic mass is 10.1. The van der Waals surface area contributed by atoms with Crippen molar-refractivity contribution in [3.05, 3.63) is 75.0 Å². The summed E-state index contributed by atoms with van der Waals surface area (Å²) in [7, 11) is 6.11. The van der Waals surface area contributed by atoms with E-state index in [1.54, 1.807) is 69.2 Å². The molecule has 0 aliphatic heterocycles. The maximum atomic E-state index is 12.5. The molecule has 0 saturated heterocycles. The van der Waals surface area contributed by atoms with E-state index in [2.05, 4.69) is 20.3 Å². The van der Waals surface area contributed by atoms with Crippen LogP contribution in [0.5, 0.6) is 11.6 Å². The van der Waals surface area contributed by atoms with Gasteiger partial charge < -0.3 is 24.0 Å². The highest BCUT2D eigenvalue weighted by atomic mass is 35.5. The molecule has 3 aromatic rings. The molecule has 1 aromatic heterocycles. The molecule has 0 aliphatic rings. The fourth-order valence-corrected chi connectivity index (χ4v) is 3.68. The molecule has 200 valence electrons.